The van der Waals surface area contributed by atoms with Crippen LogP contribution in [0, 0.1) is 5.92 Å². The molecule has 1 heterocycles. The van der Waals surface area contributed by atoms with Crippen LogP contribution in [0.2, 0.25) is 0 Å². The summed E-state index contributed by atoms with van der Waals surface area (Å²) in [5.41, 5.74) is 0. The first kappa shape index (κ1) is 12.4. The number of amides is 2. The summed E-state index contributed by atoms with van der Waals surface area (Å²) in [4.78, 5) is 25.3. The van der Waals surface area contributed by atoms with E-state index >= 15 is 0 Å². The minimum atomic E-state index is 0.00197. The molecule has 0 bridgehead atoms. The second-order valence-electron chi connectivity index (χ2n) is 5.30. The van der Waals surface area contributed by atoms with Gasteiger partial charge in [0.05, 0.1) is 6.54 Å². The zero-order valence-corrected chi connectivity index (χ0v) is 10.6. The Hall–Kier alpha value is -1.06. The molecule has 96 valence electrons. The number of carbonyl (C=O) groups excluding carboxylic acids is 2. The SMILES string of the molecule is CC1CCCCCC1N1CCC(=O)NCC1=O. The van der Waals surface area contributed by atoms with Gasteiger partial charge < -0.3 is 10.2 Å². The van der Waals surface area contributed by atoms with E-state index in [4.69, 9.17) is 0 Å². The molecule has 0 radical (unpaired) electrons. The van der Waals surface area contributed by atoms with Crippen LogP contribution >= 0.6 is 0 Å². The first-order valence-corrected chi connectivity index (χ1v) is 6.74. The van der Waals surface area contributed by atoms with E-state index in [1.165, 1.54) is 25.7 Å². The van der Waals surface area contributed by atoms with E-state index < -0.39 is 0 Å². The van der Waals surface area contributed by atoms with Crippen molar-refractivity contribution in [3.63, 3.8) is 0 Å². The molecule has 1 aliphatic carbocycles. The fourth-order valence-electron chi connectivity index (χ4n) is 3.00. The lowest BCUT2D eigenvalue weighted by Gasteiger charge is -2.33. The average Bonchev–Trinajstić information content (AvgIpc) is 2.60. The molecule has 0 aromatic heterocycles. The average molecular weight is 238 g/mol. The number of carbonyl (C=O) groups is 2. The summed E-state index contributed by atoms with van der Waals surface area (Å²) in [6, 6.07) is 0.345. The van der Waals surface area contributed by atoms with Gasteiger partial charge in [-0.2, -0.15) is 0 Å². The molecule has 2 rings (SSSR count). The van der Waals surface area contributed by atoms with Crippen LogP contribution in [-0.2, 0) is 9.59 Å². The van der Waals surface area contributed by atoms with Crippen LogP contribution in [0.5, 0.6) is 0 Å². The molecule has 4 nitrogen and oxygen atoms in total. The monoisotopic (exact) mass is 238 g/mol. The topological polar surface area (TPSA) is 49.4 Å². The summed E-state index contributed by atoms with van der Waals surface area (Å²) >= 11 is 0. The minimum Gasteiger partial charge on any atom is -0.347 e. The molecule has 1 aliphatic heterocycles. The van der Waals surface area contributed by atoms with Crippen LogP contribution in [0.3, 0.4) is 0 Å². The molecule has 0 aromatic rings. The van der Waals surface area contributed by atoms with E-state index in [-0.39, 0.29) is 18.4 Å². The van der Waals surface area contributed by atoms with Gasteiger partial charge in [0.15, 0.2) is 0 Å². The van der Waals surface area contributed by atoms with Gasteiger partial charge >= 0.3 is 0 Å². The third-order valence-electron chi connectivity index (χ3n) is 4.05. The maximum absolute atomic E-state index is 12.0. The van der Waals surface area contributed by atoms with Crippen molar-refractivity contribution in [1.29, 1.82) is 0 Å². The predicted octanol–water partition coefficient (Wildman–Crippen LogP) is 1.30. The molecule has 2 unspecified atom stereocenters. The van der Waals surface area contributed by atoms with Crippen molar-refractivity contribution in [2.45, 2.75) is 51.5 Å². The van der Waals surface area contributed by atoms with E-state index in [0.29, 0.717) is 24.9 Å². The van der Waals surface area contributed by atoms with Gasteiger partial charge in [-0.25, -0.2) is 0 Å². The van der Waals surface area contributed by atoms with Crippen LogP contribution < -0.4 is 5.32 Å². The summed E-state index contributed by atoms with van der Waals surface area (Å²) in [6.07, 6.45) is 6.52. The highest BCUT2D eigenvalue weighted by atomic mass is 16.2. The maximum Gasteiger partial charge on any atom is 0.242 e. The number of nitrogens with zero attached hydrogens (tertiary/aromatic N) is 1. The molecule has 2 fully saturated rings. The Morgan fingerprint density at radius 2 is 1.94 bits per heavy atom. The van der Waals surface area contributed by atoms with Crippen LogP contribution in [0.4, 0.5) is 0 Å². The lowest BCUT2D eigenvalue weighted by Crippen LogP contribution is -2.45. The summed E-state index contributed by atoms with van der Waals surface area (Å²) in [5.74, 6) is 0.659. The first-order valence-electron chi connectivity index (χ1n) is 6.74. The largest absolute Gasteiger partial charge is 0.347 e. The summed E-state index contributed by atoms with van der Waals surface area (Å²) < 4.78 is 0. The first-order chi connectivity index (χ1) is 8.18. The van der Waals surface area contributed by atoms with Crippen molar-refractivity contribution >= 4 is 11.8 Å². The van der Waals surface area contributed by atoms with Crippen molar-refractivity contribution < 1.29 is 9.59 Å². The number of nitrogens with one attached hydrogen (secondary N) is 1. The highest BCUT2D eigenvalue weighted by molar-refractivity contribution is 5.87. The third-order valence-corrected chi connectivity index (χ3v) is 4.05. The van der Waals surface area contributed by atoms with Gasteiger partial charge in [-0.05, 0) is 18.8 Å². The van der Waals surface area contributed by atoms with Crippen LogP contribution in [0.25, 0.3) is 0 Å². The summed E-state index contributed by atoms with van der Waals surface area (Å²) in [5, 5.41) is 2.66. The molecule has 1 saturated carbocycles. The molecule has 2 amide bonds. The van der Waals surface area contributed by atoms with Gasteiger partial charge in [-0.15, -0.1) is 0 Å². The molecule has 2 atom stereocenters. The van der Waals surface area contributed by atoms with Crippen molar-refractivity contribution in [2.24, 2.45) is 5.92 Å². The Morgan fingerprint density at radius 1 is 1.18 bits per heavy atom. The van der Waals surface area contributed by atoms with Crippen molar-refractivity contribution in [3.05, 3.63) is 0 Å². The van der Waals surface area contributed by atoms with Crippen molar-refractivity contribution in [3.8, 4) is 0 Å². The van der Waals surface area contributed by atoms with Gasteiger partial charge in [-0.3, -0.25) is 9.59 Å². The zero-order chi connectivity index (χ0) is 12.3. The Bertz CT molecular complexity index is 304. The molecular formula is C13H22N2O2. The minimum absolute atomic E-state index is 0.00197. The molecular weight excluding hydrogens is 216 g/mol. The number of hydrogen-bond donors (Lipinski definition) is 1. The summed E-state index contributed by atoms with van der Waals surface area (Å²) in [7, 11) is 0. The van der Waals surface area contributed by atoms with Gasteiger partial charge in [0.25, 0.3) is 0 Å². The van der Waals surface area contributed by atoms with E-state index in [1.54, 1.807) is 0 Å². The molecule has 4 heteroatoms. The van der Waals surface area contributed by atoms with Gasteiger partial charge in [-0.1, -0.05) is 26.2 Å². The Morgan fingerprint density at radius 3 is 2.76 bits per heavy atom. The molecule has 1 saturated heterocycles. The lowest BCUT2D eigenvalue weighted by molar-refractivity contribution is -0.133. The van der Waals surface area contributed by atoms with Crippen LogP contribution in [0.1, 0.15) is 45.4 Å². The predicted molar refractivity (Wildman–Crippen MR) is 65.4 cm³/mol. The Balaban J connectivity index is 2.07. The quantitative estimate of drug-likeness (QED) is 0.700. The van der Waals surface area contributed by atoms with E-state index in [2.05, 4.69) is 12.2 Å². The fraction of sp³-hybridized carbons (Fsp3) is 0.846. The van der Waals surface area contributed by atoms with Crippen LogP contribution in [0.15, 0.2) is 0 Å². The standard InChI is InChI=1S/C13H22N2O2/c1-10-5-3-2-4-6-11(10)15-8-7-12(16)14-9-13(15)17/h10-11H,2-9H2,1H3,(H,14,16). The lowest BCUT2D eigenvalue weighted by atomic mass is 9.95. The number of rotatable bonds is 1. The molecule has 0 aromatic carbocycles. The molecule has 2 aliphatic rings. The smallest absolute Gasteiger partial charge is 0.242 e. The maximum atomic E-state index is 12.0. The van der Waals surface area contributed by atoms with Crippen molar-refractivity contribution in [2.75, 3.05) is 13.1 Å². The van der Waals surface area contributed by atoms with Gasteiger partial charge in [0.1, 0.15) is 0 Å². The van der Waals surface area contributed by atoms with E-state index in [0.717, 1.165) is 6.42 Å². The highest BCUT2D eigenvalue weighted by Gasteiger charge is 2.31. The third kappa shape index (κ3) is 2.99. The molecule has 0 spiro atoms. The number of hydrogen-bond acceptors (Lipinski definition) is 2. The highest BCUT2D eigenvalue weighted by Crippen LogP contribution is 2.27. The normalized spacial score (nSPS) is 31.7. The fourth-order valence-corrected chi connectivity index (χ4v) is 3.00. The Labute approximate surface area is 103 Å². The summed E-state index contributed by atoms with van der Waals surface area (Å²) in [6.45, 7) is 3.02. The van der Waals surface area contributed by atoms with E-state index in [1.807, 2.05) is 4.90 Å². The van der Waals surface area contributed by atoms with Gasteiger partial charge in [0.2, 0.25) is 11.8 Å². The van der Waals surface area contributed by atoms with Crippen molar-refractivity contribution in [1.82, 2.24) is 10.2 Å². The second kappa shape index (κ2) is 5.52. The molecule has 1 N–H and O–H groups in total. The van der Waals surface area contributed by atoms with Gasteiger partial charge in [0, 0.05) is 19.0 Å². The van der Waals surface area contributed by atoms with Crippen LogP contribution in [-0.4, -0.2) is 35.8 Å². The Kier molecular flexibility index (Phi) is 4.02. The second-order valence-corrected chi connectivity index (χ2v) is 5.30. The van der Waals surface area contributed by atoms with E-state index in [9.17, 15) is 9.59 Å². The zero-order valence-electron chi connectivity index (χ0n) is 10.6. The molecule has 17 heavy (non-hydrogen) atoms.